The van der Waals surface area contributed by atoms with Gasteiger partial charge in [0.05, 0.1) is 12.3 Å². The van der Waals surface area contributed by atoms with Gasteiger partial charge in [-0.3, -0.25) is 4.79 Å². The standard InChI is InChI=1S/C17H25N3O3S/c1-18(2)12-17(21)19-8-15-10-20(11-16(15)9-19)24(22,23)13-14-6-4-3-5-7-14/h3-7,15-16H,8-13H2,1-2H3. The van der Waals surface area contributed by atoms with Crippen LogP contribution in [0, 0.1) is 11.8 Å². The second kappa shape index (κ2) is 6.82. The number of hydrogen-bond donors (Lipinski definition) is 0. The molecule has 7 heteroatoms. The Morgan fingerprint density at radius 1 is 1.08 bits per heavy atom. The fraction of sp³-hybridized carbons (Fsp3) is 0.588. The van der Waals surface area contributed by atoms with E-state index in [0.29, 0.717) is 32.7 Å². The number of amides is 1. The molecule has 6 nitrogen and oxygen atoms in total. The zero-order valence-corrected chi connectivity index (χ0v) is 15.1. The molecule has 2 heterocycles. The van der Waals surface area contributed by atoms with Gasteiger partial charge in [-0.15, -0.1) is 0 Å². The second-order valence-corrected chi connectivity index (χ2v) is 9.08. The molecule has 0 aliphatic carbocycles. The van der Waals surface area contributed by atoms with Gasteiger partial charge in [-0.05, 0) is 31.5 Å². The van der Waals surface area contributed by atoms with E-state index in [-0.39, 0.29) is 23.5 Å². The molecule has 0 saturated carbocycles. The highest BCUT2D eigenvalue weighted by Gasteiger charge is 2.44. The zero-order valence-electron chi connectivity index (χ0n) is 14.3. The van der Waals surface area contributed by atoms with Crippen LogP contribution in [0.4, 0.5) is 0 Å². The summed E-state index contributed by atoms with van der Waals surface area (Å²) in [5, 5.41) is 0. The molecule has 2 fully saturated rings. The second-order valence-electron chi connectivity index (χ2n) is 7.12. The van der Waals surface area contributed by atoms with Crippen molar-refractivity contribution in [1.29, 1.82) is 0 Å². The monoisotopic (exact) mass is 351 g/mol. The number of hydrogen-bond acceptors (Lipinski definition) is 4. The summed E-state index contributed by atoms with van der Waals surface area (Å²) in [6, 6.07) is 9.29. The van der Waals surface area contributed by atoms with E-state index in [2.05, 4.69) is 0 Å². The van der Waals surface area contributed by atoms with Crippen molar-refractivity contribution in [3.63, 3.8) is 0 Å². The van der Waals surface area contributed by atoms with E-state index >= 15 is 0 Å². The maximum atomic E-state index is 12.6. The van der Waals surface area contributed by atoms with Crippen LogP contribution in [0.2, 0.25) is 0 Å². The van der Waals surface area contributed by atoms with Crippen LogP contribution in [-0.4, -0.2) is 75.2 Å². The van der Waals surface area contributed by atoms with Crippen molar-refractivity contribution in [2.24, 2.45) is 11.8 Å². The third kappa shape index (κ3) is 3.79. The highest BCUT2D eigenvalue weighted by molar-refractivity contribution is 7.88. The number of rotatable bonds is 5. The molecule has 2 unspecified atom stereocenters. The predicted molar refractivity (Wildman–Crippen MR) is 92.8 cm³/mol. The Bertz CT molecular complexity index is 676. The summed E-state index contributed by atoms with van der Waals surface area (Å²) in [6.45, 7) is 2.83. The van der Waals surface area contributed by atoms with Crippen LogP contribution in [0.1, 0.15) is 5.56 Å². The molecule has 0 bridgehead atoms. The van der Waals surface area contributed by atoms with E-state index in [0.717, 1.165) is 5.56 Å². The lowest BCUT2D eigenvalue weighted by atomic mass is 10.0. The molecule has 132 valence electrons. The van der Waals surface area contributed by atoms with Crippen LogP contribution in [-0.2, 0) is 20.6 Å². The van der Waals surface area contributed by atoms with E-state index in [9.17, 15) is 13.2 Å². The first kappa shape index (κ1) is 17.4. The van der Waals surface area contributed by atoms with Gasteiger partial charge >= 0.3 is 0 Å². The number of fused-ring (bicyclic) bond motifs is 1. The number of carbonyl (C=O) groups is 1. The number of likely N-dealkylation sites (N-methyl/N-ethyl adjacent to an activating group) is 1. The lowest BCUT2D eigenvalue weighted by Gasteiger charge is -2.22. The molecule has 3 rings (SSSR count). The number of sulfonamides is 1. The Labute approximate surface area is 144 Å². The van der Waals surface area contributed by atoms with Crippen molar-refractivity contribution >= 4 is 15.9 Å². The summed E-state index contributed by atoms with van der Waals surface area (Å²) in [6.07, 6.45) is 0. The third-order valence-corrected chi connectivity index (χ3v) is 6.63. The molecule has 0 N–H and O–H groups in total. The largest absolute Gasteiger partial charge is 0.341 e. The molecule has 2 atom stereocenters. The summed E-state index contributed by atoms with van der Waals surface area (Å²) in [4.78, 5) is 15.9. The van der Waals surface area contributed by atoms with Crippen LogP contribution in [0.25, 0.3) is 0 Å². The first-order valence-electron chi connectivity index (χ1n) is 8.29. The van der Waals surface area contributed by atoms with E-state index in [4.69, 9.17) is 0 Å². The fourth-order valence-electron chi connectivity index (χ4n) is 3.63. The first-order chi connectivity index (χ1) is 11.3. The van der Waals surface area contributed by atoms with E-state index < -0.39 is 10.0 Å². The number of carbonyl (C=O) groups excluding carboxylic acids is 1. The molecule has 1 aromatic rings. The molecule has 1 amide bonds. The molecule has 2 aliphatic heterocycles. The summed E-state index contributed by atoms with van der Waals surface area (Å²) >= 11 is 0. The van der Waals surface area contributed by atoms with Crippen LogP contribution >= 0.6 is 0 Å². The van der Waals surface area contributed by atoms with E-state index in [1.165, 1.54) is 0 Å². The Morgan fingerprint density at radius 2 is 1.67 bits per heavy atom. The van der Waals surface area contributed by atoms with Gasteiger partial charge in [0.15, 0.2) is 0 Å². The quantitative estimate of drug-likeness (QED) is 0.774. The predicted octanol–water partition coefficient (Wildman–Crippen LogP) is 0.468. The van der Waals surface area contributed by atoms with Crippen LogP contribution in [0.15, 0.2) is 30.3 Å². The Hall–Kier alpha value is -1.44. The van der Waals surface area contributed by atoms with Gasteiger partial charge in [-0.1, -0.05) is 30.3 Å². The zero-order chi connectivity index (χ0) is 17.3. The minimum atomic E-state index is -3.29. The van der Waals surface area contributed by atoms with Crippen molar-refractivity contribution in [2.45, 2.75) is 5.75 Å². The van der Waals surface area contributed by atoms with E-state index in [1.54, 1.807) is 4.31 Å². The van der Waals surface area contributed by atoms with Gasteiger partial charge in [0, 0.05) is 26.2 Å². The van der Waals surface area contributed by atoms with Crippen LogP contribution in [0.5, 0.6) is 0 Å². The van der Waals surface area contributed by atoms with Gasteiger partial charge in [-0.25, -0.2) is 12.7 Å². The van der Waals surface area contributed by atoms with Gasteiger partial charge in [0.1, 0.15) is 0 Å². The molecule has 2 saturated heterocycles. The van der Waals surface area contributed by atoms with Crippen LogP contribution in [0.3, 0.4) is 0 Å². The van der Waals surface area contributed by atoms with Gasteiger partial charge in [0.25, 0.3) is 0 Å². The van der Waals surface area contributed by atoms with Crippen molar-refractivity contribution in [3.8, 4) is 0 Å². The molecular weight excluding hydrogens is 326 g/mol. The maximum Gasteiger partial charge on any atom is 0.236 e. The molecular formula is C17H25N3O3S. The minimum Gasteiger partial charge on any atom is -0.341 e. The molecule has 0 radical (unpaired) electrons. The summed E-state index contributed by atoms with van der Waals surface area (Å²) in [5.74, 6) is 0.715. The lowest BCUT2D eigenvalue weighted by Crippen LogP contribution is -2.39. The Morgan fingerprint density at radius 3 is 2.21 bits per heavy atom. The Kier molecular flexibility index (Phi) is 4.94. The molecule has 2 aliphatic rings. The average Bonchev–Trinajstić information content (AvgIpc) is 3.06. The molecule has 0 aromatic heterocycles. The van der Waals surface area contributed by atoms with Crippen LogP contribution < -0.4 is 0 Å². The van der Waals surface area contributed by atoms with Crippen molar-refractivity contribution in [3.05, 3.63) is 35.9 Å². The van der Waals surface area contributed by atoms with Crippen molar-refractivity contribution in [1.82, 2.24) is 14.1 Å². The summed E-state index contributed by atoms with van der Waals surface area (Å²) < 4.78 is 26.9. The number of likely N-dealkylation sites (tertiary alicyclic amines) is 1. The summed E-state index contributed by atoms with van der Waals surface area (Å²) in [5.41, 5.74) is 0.817. The van der Waals surface area contributed by atoms with Crippen molar-refractivity contribution in [2.75, 3.05) is 46.8 Å². The lowest BCUT2D eigenvalue weighted by molar-refractivity contribution is -0.131. The fourth-order valence-corrected chi connectivity index (χ4v) is 5.26. The average molecular weight is 351 g/mol. The van der Waals surface area contributed by atoms with E-state index in [1.807, 2.05) is 54.2 Å². The third-order valence-electron chi connectivity index (χ3n) is 4.84. The first-order valence-corrected chi connectivity index (χ1v) is 9.90. The minimum absolute atomic E-state index is 0.0521. The SMILES string of the molecule is CN(C)CC(=O)N1CC2CN(S(=O)(=O)Cc3ccccc3)CC2C1. The highest BCUT2D eigenvalue weighted by Crippen LogP contribution is 2.33. The normalized spacial score (nSPS) is 24.5. The molecule has 0 spiro atoms. The highest BCUT2D eigenvalue weighted by atomic mass is 32.2. The van der Waals surface area contributed by atoms with Crippen molar-refractivity contribution < 1.29 is 13.2 Å². The Balaban J connectivity index is 1.59. The number of nitrogens with zero attached hydrogens (tertiary/aromatic N) is 3. The van der Waals surface area contributed by atoms with Gasteiger partial charge < -0.3 is 9.80 Å². The summed E-state index contributed by atoms with van der Waals surface area (Å²) in [7, 11) is 0.473. The molecule has 1 aromatic carbocycles. The smallest absolute Gasteiger partial charge is 0.236 e. The maximum absolute atomic E-state index is 12.6. The van der Waals surface area contributed by atoms with Gasteiger partial charge in [-0.2, -0.15) is 0 Å². The number of benzene rings is 1. The molecule has 24 heavy (non-hydrogen) atoms. The van der Waals surface area contributed by atoms with Gasteiger partial charge in [0.2, 0.25) is 15.9 Å². The topological polar surface area (TPSA) is 60.9 Å².